The van der Waals surface area contributed by atoms with E-state index in [0.717, 1.165) is 19.0 Å². The molecule has 70 valence electrons. The first-order chi connectivity index (χ1) is 6.18. The SMILES string of the molecule is Nc1cc(F)c(C2CCN2)cc1F. The number of hydrogen-bond donors (Lipinski definition) is 2. The molecule has 2 nitrogen and oxygen atoms in total. The van der Waals surface area contributed by atoms with Crippen molar-refractivity contribution in [3.05, 3.63) is 29.3 Å². The zero-order valence-corrected chi connectivity index (χ0v) is 6.98. The fraction of sp³-hybridized carbons (Fsp3) is 0.333. The Kier molecular flexibility index (Phi) is 1.92. The average Bonchev–Trinajstić information content (AvgIpc) is 1.96. The second-order valence-corrected chi connectivity index (χ2v) is 3.19. The molecule has 1 heterocycles. The van der Waals surface area contributed by atoms with Gasteiger partial charge in [0.05, 0.1) is 5.69 Å². The van der Waals surface area contributed by atoms with Gasteiger partial charge in [0.2, 0.25) is 0 Å². The van der Waals surface area contributed by atoms with Crippen LogP contribution in [0.4, 0.5) is 14.5 Å². The summed E-state index contributed by atoms with van der Waals surface area (Å²) >= 11 is 0. The lowest BCUT2D eigenvalue weighted by Crippen LogP contribution is -2.35. The summed E-state index contributed by atoms with van der Waals surface area (Å²) < 4.78 is 26.2. The molecule has 1 fully saturated rings. The smallest absolute Gasteiger partial charge is 0.146 e. The van der Waals surface area contributed by atoms with Crippen molar-refractivity contribution in [2.45, 2.75) is 12.5 Å². The molecule has 0 spiro atoms. The third-order valence-corrected chi connectivity index (χ3v) is 2.32. The summed E-state index contributed by atoms with van der Waals surface area (Å²) in [6, 6.07) is 2.15. The van der Waals surface area contributed by atoms with E-state index >= 15 is 0 Å². The van der Waals surface area contributed by atoms with Gasteiger partial charge in [0.25, 0.3) is 0 Å². The van der Waals surface area contributed by atoms with Crippen LogP contribution in [0.25, 0.3) is 0 Å². The highest BCUT2D eigenvalue weighted by atomic mass is 19.1. The zero-order valence-electron chi connectivity index (χ0n) is 6.98. The molecule has 0 aliphatic carbocycles. The lowest BCUT2D eigenvalue weighted by molar-refractivity contribution is 0.368. The minimum absolute atomic E-state index is 0.0462. The van der Waals surface area contributed by atoms with E-state index in [9.17, 15) is 8.78 Å². The van der Waals surface area contributed by atoms with Crippen LogP contribution in [0.5, 0.6) is 0 Å². The van der Waals surface area contributed by atoms with Crippen LogP contribution in [-0.2, 0) is 0 Å². The summed E-state index contributed by atoms with van der Waals surface area (Å²) in [5, 5.41) is 3.00. The van der Waals surface area contributed by atoms with Crippen molar-refractivity contribution < 1.29 is 8.78 Å². The molecule has 2 rings (SSSR count). The molecule has 0 bridgehead atoms. The maximum absolute atomic E-state index is 13.2. The van der Waals surface area contributed by atoms with Crippen molar-refractivity contribution in [1.82, 2.24) is 5.32 Å². The monoisotopic (exact) mass is 184 g/mol. The number of nitrogens with one attached hydrogen (secondary N) is 1. The predicted octanol–water partition coefficient (Wildman–Crippen LogP) is 1.58. The van der Waals surface area contributed by atoms with E-state index in [0.29, 0.717) is 5.56 Å². The first-order valence-corrected chi connectivity index (χ1v) is 4.16. The Balaban J connectivity index is 2.39. The highest BCUT2D eigenvalue weighted by Gasteiger charge is 2.22. The summed E-state index contributed by atoms with van der Waals surface area (Å²) in [6.07, 6.45) is 0.847. The van der Waals surface area contributed by atoms with E-state index in [-0.39, 0.29) is 11.7 Å². The maximum Gasteiger partial charge on any atom is 0.146 e. The second kappa shape index (κ2) is 2.96. The molecule has 4 heteroatoms. The highest BCUT2D eigenvalue weighted by Crippen LogP contribution is 2.27. The number of nitrogen functional groups attached to an aromatic ring is 1. The molecule has 1 aromatic carbocycles. The second-order valence-electron chi connectivity index (χ2n) is 3.19. The quantitative estimate of drug-likeness (QED) is 0.650. The van der Waals surface area contributed by atoms with Gasteiger partial charge in [-0.25, -0.2) is 8.78 Å². The molecular formula is C9H10F2N2. The van der Waals surface area contributed by atoms with Crippen LogP contribution in [0.3, 0.4) is 0 Å². The summed E-state index contributed by atoms with van der Waals surface area (Å²) in [4.78, 5) is 0. The Labute approximate surface area is 74.7 Å². The highest BCUT2D eigenvalue weighted by molar-refractivity contribution is 5.43. The van der Waals surface area contributed by atoms with Gasteiger partial charge in [0.1, 0.15) is 11.6 Å². The number of rotatable bonds is 1. The van der Waals surface area contributed by atoms with Crippen molar-refractivity contribution in [1.29, 1.82) is 0 Å². The van der Waals surface area contributed by atoms with Gasteiger partial charge < -0.3 is 11.1 Å². The van der Waals surface area contributed by atoms with Gasteiger partial charge in [-0.05, 0) is 19.0 Å². The van der Waals surface area contributed by atoms with E-state index in [1.807, 2.05) is 0 Å². The van der Waals surface area contributed by atoms with Crippen LogP contribution in [0.15, 0.2) is 12.1 Å². The van der Waals surface area contributed by atoms with E-state index in [2.05, 4.69) is 5.32 Å². The van der Waals surface area contributed by atoms with Gasteiger partial charge >= 0.3 is 0 Å². The molecule has 0 saturated carbocycles. The standard InChI is InChI=1S/C9H10F2N2/c10-6-4-8(12)7(11)3-5(6)9-1-2-13-9/h3-4,9,13H,1-2,12H2. The molecule has 1 atom stereocenters. The molecule has 1 saturated heterocycles. The number of anilines is 1. The molecular weight excluding hydrogens is 174 g/mol. The number of benzene rings is 1. The van der Waals surface area contributed by atoms with Crippen LogP contribution in [-0.4, -0.2) is 6.54 Å². The molecule has 13 heavy (non-hydrogen) atoms. The number of nitrogens with two attached hydrogens (primary N) is 1. The normalized spacial score (nSPS) is 21.2. The van der Waals surface area contributed by atoms with Gasteiger partial charge in [-0.3, -0.25) is 0 Å². The van der Waals surface area contributed by atoms with Crippen LogP contribution in [0.2, 0.25) is 0 Å². The maximum atomic E-state index is 13.2. The Morgan fingerprint density at radius 3 is 2.54 bits per heavy atom. The fourth-order valence-electron chi connectivity index (χ4n) is 1.40. The predicted molar refractivity (Wildman–Crippen MR) is 46.1 cm³/mol. The molecule has 0 aromatic heterocycles. The average molecular weight is 184 g/mol. The Bertz CT molecular complexity index is 335. The Morgan fingerprint density at radius 1 is 1.31 bits per heavy atom. The van der Waals surface area contributed by atoms with E-state index < -0.39 is 11.6 Å². The van der Waals surface area contributed by atoms with Gasteiger partial charge in [-0.2, -0.15) is 0 Å². The molecule has 0 amide bonds. The minimum atomic E-state index is -0.551. The Hall–Kier alpha value is -1.16. The summed E-state index contributed by atoms with van der Waals surface area (Å²) in [5.41, 5.74) is 5.45. The van der Waals surface area contributed by atoms with Crippen molar-refractivity contribution >= 4 is 5.69 Å². The van der Waals surface area contributed by atoms with E-state index in [1.54, 1.807) is 0 Å². The van der Waals surface area contributed by atoms with Gasteiger partial charge in [0, 0.05) is 17.7 Å². The zero-order chi connectivity index (χ0) is 9.42. The van der Waals surface area contributed by atoms with Crippen molar-refractivity contribution in [2.24, 2.45) is 0 Å². The number of halogens is 2. The van der Waals surface area contributed by atoms with E-state index in [1.165, 1.54) is 6.07 Å². The molecule has 1 aliphatic heterocycles. The van der Waals surface area contributed by atoms with Crippen molar-refractivity contribution in [3.63, 3.8) is 0 Å². The molecule has 1 aliphatic rings. The van der Waals surface area contributed by atoms with Crippen LogP contribution in [0.1, 0.15) is 18.0 Å². The minimum Gasteiger partial charge on any atom is -0.396 e. The van der Waals surface area contributed by atoms with Gasteiger partial charge in [-0.1, -0.05) is 0 Å². The largest absolute Gasteiger partial charge is 0.396 e. The van der Waals surface area contributed by atoms with Crippen LogP contribution < -0.4 is 11.1 Å². The van der Waals surface area contributed by atoms with Crippen molar-refractivity contribution in [2.75, 3.05) is 12.3 Å². The summed E-state index contributed by atoms with van der Waals surface area (Å²) in [5.74, 6) is -0.985. The van der Waals surface area contributed by atoms with E-state index in [4.69, 9.17) is 5.73 Å². The van der Waals surface area contributed by atoms with Crippen molar-refractivity contribution in [3.8, 4) is 0 Å². The fourth-order valence-corrected chi connectivity index (χ4v) is 1.40. The lowest BCUT2D eigenvalue weighted by Gasteiger charge is -2.28. The summed E-state index contributed by atoms with van der Waals surface area (Å²) in [6.45, 7) is 0.857. The molecule has 0 radical (unpaired) electrons. The van der Waals surface area contributed by atoms with Gasteiger partial charge in [-0.15, -0.1) is 0 Å². The summed E-state index contributed by atoms with van der Waals surface area (Å²) in [7, 11) is 0. The lowest BCUT2D eigenvalue weighted by atomic mass is 9.97. The first-order valence-electron chi connectivity index (χ1n) is 4.16. The van der Waals surface area contributed by atoms with Gasteiger partial charge in [0.15, 0.2) is 0 Å². The first kappa shape index (κ1) is 8.44. The van der Waals surface area contributed by atoms with Crippen LogP contribution >= 0.6 is 0 Å². The molecule has 1 aromatic rings. The number of hydrogen-bond acceptors (Lipinski definition) is 2. The Morgan fingerprint density at radius 2 is 2.00 bits per heavy atom. The third kappa shape index (κ3) is 1.37. The molecule has 3 N–H and O–H groups in total. The topological polar surface area (TPSA) is 38.0 Å². The van der Waals surface area contributed by atoms with Crippen LogP contribution in [0, 0.1) is 11.6 Å². The molecule has 1 unspecified atom stereocenters. The third-order valence-electron chi connectivity index (χ3n) is 2.32.